The second kappa shape index (κ2) is 9.26. The third-order valence-corrected chi connectivity index (χ3v) is 7.33. The SMILES string of the molecule is COc1ccccc1N1C[C@H](C(=O)Oc2ccc(N3C(=O)[C@H]4[C@H](C)C=CC[C@H]4C3=O)c(C)c2)CC1=O. The van der Waals surface area contributed by atoms with E-state index in [9.17, 15) is 19.2 Å². The van der Waals surface area contributed by atoms with E-state index >= 15 is 0 Å². The van der Waals surface area contributed by atoms with Crippen molar-refractivity contribution in [2.45, 2.75) is 26.7 Å². The molecule has 0 aromatic heterocycles. The number of allylic oxidation sites excluding steroid dienone is 2. The first-order chi connectivity index (χ1) is 17.3. The molecule has 36 heavy (non-hydrogen) atoms. The Labute approximate surface area is 209 Å². The van der Waals surface area contributed by atoms with Crippen LogP contribution >= 0.6 is 0 Å². The lowest BCUT2D eigenvalue weighted by Crippen LogP contribution is -2.32. The molecule has 0 radical (unpaired) electrons. The highest BCUT2D eigenvalue weighted by molar-refractivity contribution is 6.22. The normalized spacial score (nSPS) is 25.4. The van der Waals surface area contributed by atoms with Crippen LogP contribution in [0.15, 0.2) is 54.6 Å². The maximum absolute atomic E-state index is 13.1. The fraction of sp³-hybridized carbons (Fsp3) is 0.357. The van der Waals surface area contributed by atoms with Crippen LogP contribution < -0.4 is 19.3 Å². The average Bonchev–Trinajstić information content (AvgIpc) is 3.37. The summed E-state index contributed by atoms with van der Waals surface area (Å²) in [6, 6.07) is 12.0. The third-order valence-electron chi connectivity index (χ3n) is 7.33. The number of amides is 3. The first-order valence-electron chi connectivity index (χ1n) is 12.1. The quantitative estimate of drug-likeness (QED) is 0.276. The minimum atomic E-state index is -0.624. The predicted molar refractivity (Wildman–Crippen MR) is 133 cm³/mol. The highest BCUT2D eigenvalue weighted by Gasteiger charge is 2.50. The van der Waals surface area contributed by atoms with Gasteiger partial charge in [-0.2, -0.15) is 0 Å². The van der Waals surface area contributed by atoms with Crippen molar-refractivity contribution in [3.63, 3.8) is 0 Å². The molecule has 2 aliphatic heterocycles. The smallest absolute Gasteiger partial charge is 0.316 e. The van der Waals surface area contributed by atoms with Gasteiger partial charge in [-0.3, -0.25) is 19.2 Å². The van der Waals surface area contributed by atoms with Gasteiger partial charge < -0.3 is 14.4 Å². The van der Waals surface area contributed by atoms with Gasteiger partial charge in [0.25, 0.3) is 0 Å². The molecule has 2 saturated heterocycles. The standard InChI is InChI=1S/C28H28N2O6/c1-16-7-6-8-20-25(16)27(33)30(26(20)32)21-12-11-19(13-17(21)2)36-28(34)18-14-24(31)29(15-18)22-9-4-5-10-23(22)35-3/h4-7,9-13,16,18,20,25H,8,14-15H2,1-3H3/t16-,18-,20-,25+/m1/s1. The second-order valence-electron chi connectivity index (χ2n) is 9.61. The Morgan fingerprint density at radius 3 is 2.53 bits per heavy atom. The number of carbonyl (C=O) groups is 4. The van der Waals surface area contributed by atoms with Crippen LogP contribution in [0.2, 0.25) is 0 Å². The Kier molecular flexibility index (Phi) is 6.12. The average molecular weight is 489 g/mol. The molecule has 0 bridgehead atoms. The summed E-state index contributed by atoms with van der Waals surface area (Å²) in [6.07, 6.45) is 4.57. The summed E-state index contributed by atoms with van der Waals surface area (Å²) in [5.74, 6) is -1.48. The van der Waals surface area contributed by atoms with Crippen molar-refractivity contribution in [3.05, 3.63) is 60.2 Å². The van der Waals surface area contributed by atoms with E-state index in [2.05, 4.69) is 0 Å². The molecular weight excluding hydrogens is 460 g/mol. The Hall–Kier alpha value is -3.94. The van der Waals surface area contributed by atoms with Gasteiger partial charge in [0.15, 0.2) is 0 Å². The first-order valence-corrected chi connectivity index (χ1v) is 12.1. The molecule has 3 aliphatic rings. The van der Waals surface area contributed by atoms with Crippen molar-refractivity contribution in [1.29, 1.82) is 0 Å². The Balaban J connectivity index is 1.29. The summed E-state index contributed by atoms with van der Waals surface area (Å²) >= 11 is 0. The maximum atomic E-state index is 13.1. The van der Waals surface area contributed by atoms with Gasteiger partial charge in [-0.15, -0.1) is 0 Å². The summed E-state index contributed by atoms with van der Waals surface area (Å²) in [5, 5.41) is 0. The molecule has 0 N–H and O–H groups in total. The number of aryl methyl sites for hydroxylation is 1. The molecule has 186 valence electrons. The molecular formula is C28H28N2O6. The predicted octanol–water partition coefficient (Wildman–Crippen LogP) is 3.66. The van der Waals surface area contributed by atoms with Gasteiger partial charge in [0.2, 0.25) is 17.7 Å². The number of nitrogens with zero attached hydrogens (tertiary/aromatic N) is 2. The second-order valence-corrected chi connectivity index (χ2v) is 9.61. The minimum Gasteiger partial charge on any atom is -0.495 e. The van der Waals surface area contributed by atoms with Gasteiger partial charge in [0.1, 0.15) is 11.5 Å². The van der Waals surface area contributed by atoms with Crippen molar-refractivity contribution in [2.75, 3.05) is 23.5 Å². The van der Waals surface area contributed by atoms with Crippen LogP contribution in [0.1, 0.15) is 25.3 Å². The van der Waals surface area contributed by atoms with E-state index in [1.165, 1.54) is 12.0 Å². The number of imide groups is 1. The van der Waals surface area contributed by atoms with Crippen molar-refractivity contribution in [1.82, 2.24) is 0 Å². The van der Waals surface area contributed by atoms with Crippen LogP contribution in [0.25, 0.3) is 0 Å². The van der Waals surface area contributed by atoms with E-state index in [4.69, 9.17) is 9.47 Å². The Bertz CT molecular complexity index is 1280. The van der Waals surface area contributed by atoms with E-state index in [-0.39, 0.29) is 48.4 Å². The molecule has 2 aromatic rings. The van der Waals surface area contributed by atoms with Crippen molar-refractivity contribution in [2.24, 2.45) is 23.7 Å². The molecule has 2 aromatic carbocycles. The summed E-state index contributed by atoms with van der Waals surface area (Å²) in [6.45, 7) is 3.93. The lowest BCUT2D eigenvalue weighted by Gasteiger charge is -2.22. The summed E-state index contributed by atoms with van der Waals surface area (Å²) in [7, 11) is 1.53. The molecule has 8 heteroatoms. The number of esters is 1. The van der Waals surface area contributed by atoms with E-state index in [0.717, 1.165) is 0 Å². The summed E-state index contributed by atoms with van der Waals surface area (Å²) in [5.41, 5.74) is 1.77. The molecule has 3 amide bonds. The van der Waals surface area contributed by atoms with Gasteiger partial charge in [0, 0.05) is 13.0 Å². The molecule has 4 atom stereocenters. The summed E-state index contributed by atoms with van der Waals surface area (Å²) in [4.78, 5) is 54.5. The molecule has 2 heterocycles. The lowest BCUT2D eigenvalue weighted by molar-refractivity contribution is -0.139. The van der Waals surface area contributed by atoms with Crippen LogP contribution in [0.3, 0.4) is 0 Å². The first kappa shape index (κ1) is 23.8. The van der Waals surface area contributed by atoms with Crippen molar-refractivity contribution in [3.8, 4) is 11.5 Å². The summed E-state index contributed by atoms with van der Waals surface area (Å²) < 4.78 is 11.0. The molecule has 8 nitrogen and oxygen atoms in total. The number of carbonyl (C=O) groups excluding carboxylic acids is 4. The van der Waals surface area contributed by atoms with E-state index in [0.29, 0.717) is 34.9 Å². The van der Waals surface area contributed by atoms with Gasteiger partial charge in [-0.25, -0.2) is 4.90 Å². The fourth-order valence-corrected chi connectivity index (χ4v) is 5.48. The Morgan fingerprint density at radius 1 is 1.03 bits per heavy atom. The monoisotopic (exact) mass is 488 g/mol. The zero-order valence-corrected chi connectivity index (χ0v) is 20.5. The number of benzene rings is 2. The zero-order valence-electron chi connectivity index (χ0n) is 20.5. The van der Waals surface area contributed by atoms with Gasteiger partial charge in [-0.05, 0) is 55.2 Å². The number of para-hydroxylation sites is 2. The number of fused-ring (bicyclic) bond motifs is 1. The van der Waals surface area contributed by atoms with Gasteiger partial charge in [-0.1, -0.05) is 31.2 Å². The topological polar surface area (TPSA) is 93.2 Å². The van der Waals surface area contributed by atoms with Crippen molar-refractivity contribution < 1.29 is 28.7 Å². The van der Waals surface area contributed by atoms with E-state index in [1.54, 1.807) is 42.2 Å². The molecule has 5 rings (SSSR count). The van der Waals surface area contributed by atoms with Crippen LogP contribution in [0, 0.1) is 30.6 Å². The van der Waals surface area contributed by atoms with E-state index < -0.39 is 11.9 Å². The maximum Gasteiger partial charge on any atom is 0.316 e. The molecule has 0 unspecified atom stereocenters. The van der Waals surface area contributed by atoms with Gasteiger partial charge >= 0.3 is 5.97 Å². The van der Waals surface area contributed by atoms with Crippen LogP contribution in [0.5, 0.6) is 11.5 Å². The molecule has 0 saturated carbocycles. The minimum absolute atomic E-state index is 0.00951. The zero-order chi connectivity index (χ0) is 25.6. The van der Waals surface area contributed by atoms with E-state index in [1.807, 2.05) is 31.2 Å². The molecule has 1 aliphatic carbocycles. The number of hydrogen-bond acceptors (Lipinski definition) is 6. The Morgan fingerprint density at radius 2 is 1.81 bits per heavy atom. The fourth-order valence-electron chi connectivity index (χ4n) is 5.48. The molecule has 0 spiro atoms. The number of rotatable bonds is 5. The number of ether oxygens (including phenoxy) is 2. The lowest BCUT2D eigenvalue weighted by atomic mass is 9.78. The van der Waals surface area contributed by atoms with Gasteiger partial charge in [0.05, 0.1) is 36.2 Å². The van der Waals surface area contributed by atoms with Crippen LogP contribution in [-0.4, -0.2) is 37.3 Å². The third kappa shape index (κ3) is 3.96. The highest BCUT2D eigenvalue weighted by atomic mass is 16.5. The highest BCUT2D eigenvalue weighted by Crippen LogP contribution is 2.42. The molecule has 2 fully saturated rings. The number of methoxy groups -OCH3 is 1. The number of hydrogen-bond donors (Lipinski definition) is 0. The van der Waals surface area contributed by atoms with Crippen LogP contribution in [-0.2, 0) is 19.2 Å². The number of anilines is 2. The largest absolute Gasteiger partial charge is 0.495 e. The van der Waals surface area contributed by atoms with Crippen LogP contribution in [0.4, 0.5) is 11.4 Å². The van der Waals surface area contributed by atoms with Crippen molar-refractivity contribution >= 4 is 35.1 Å².